The fraction of sp³-hybridized carbons (Fsp3) is 0.571. The van der Waals surface area contributed by atoms with E-state index < -0.39 is 11.6 Å². The first-order valence-electron chi connectivity index (χ1n) is 6.57. The largest absolute Gasteiger partial charge is 0.314 e. The van der Waals surface area contributed by atoms with Gasteiger partial charge in [0.15, 0.2) is 0 Å². The van der Waals surface area contributed by atoms with Crippen molar-refractivity contribution in [3.8, 4) is 0 Å². The van der Waals surface area contributed by atoms with Crippen molar-refractivity contribution in [2.24, 2.45) is 5.92 Å². The van der Waals surface area contributed by atoms with Gasteiger partial charge in [-0.3, -0.25) is 0 Å². The van der Waals surface area contributed by atoms with E-state index in [1.165, 1.54) is 12.1 Å². The summed E-state index contributed by atoms with van der Waals surface area (Å²) in [6.45, 7) is 2.85. The Morgan fingerprint density at radius 2 is 2.26 bits per heavy atom. The standard InChI is InChI=1S/C14H18BrF2NS/c1-2-18-13(9-5-6-19-8-9)7-10-12(16)4-3-11(15)14(10)17/h3-4,9,13,18H,2,5-8H2,1H3. The van der Waals surface area contributed by atoms with E-state index in [2.05, 4.69) is 21.2 Å². The Kier molecular flexibility index (Phi) is 5.66. The lowest BCUT2D eigenvalue weighted by Crippen LogP contribution is -2.38. The molecule has 2 unspecified atom stereocenters. The zero-order valence-corrected chi connectivity index (χ0v) is 13.3. The van der Waals surface area contributed by atoms with E-state index in [1.807, 2.05) is 18.7 Å². The quantitative estimate of drug-likeness (QED) is 0.806. The average Bonchev–Trinajstić information content (AvgIpc) is 2.92. The van der Waals surface area contributed by atoms with Gasteiger partial charge in [0, 0.05) is 11.6 Å². The smallest absolute Gasteiger partial charge is 0.143 e. The van der Waals surface area contributed by atoms with Crippen LogP contribution in [0.3, 0.4) is 0 Å². The highest BCUT2D eigenvalue weighted by atomic mass is 79.9. The fourth-order valence-corrected chi connectivity index (χ4v) is 4.22. The monoisotopic (exact) mass is 349 g/mol. The molecule has 106 valence electrons. The molecule has 0 bridgehead atoms. The van der Waals surface area contributed by atoms with Crippen LogP contribution in [0.15, 0.2) is 16.6 Å². The number of halogens is 3. The lowest BCUT2D eigenvalue weighted by Gasteiger charge is -2.24. The molecule has 1 saturated heterocycles. The molecule has 1 aromatic carbocycles. The van der Waals surface area contributed by atoms with Gasteiger partial charge in [0.1, 0.15) is 11.6 Å². The van der Waals surface area contributed by atoms with Gasteiger partial charge in [0.2, 0.25) is 0 Å². The van der Waals surface area contributed by atoms with Crippen molar-refractivity contribution < 1.29 is 8.78 Å². The number of rotatable bonds is 5. The molecule has 5 heteroatoms. The first kappa shape index (κ1) is 15.3. The number of likely N-dealkylation sites (N-methyl/N-ethyl adjacent to an activating group) is 1. The van der Waals surface area contributed by atoms with E-state index in [1.54, 1.807) is 0 Å². The third kappa shape index (κ3) is 3.70. The molecule has 1 aliphatic heterocycles. The second-order valence-corrected chi connectivity index (χ2v) is 6.82. The van der Waals surface area contributed by atoms with Crippen molar-refractivity contribution in [2.75, 3.05) is 18.1 Å². The highest BCUT2D eigenvalue weighted by Crippen LogP contribution is 2.30. The molecule has 1 N–H and O–H groups in total. The average molecular weight is 350 g/mol. The van der Waals surface area contributed by atoms with Gasteiger partial charge in [0.05, 0.1) is 4.47 Å². The minimum absolute atomic E-state index is 0.151. The molecule has 1 fully saturated rings. The summed E-state index contributed by atoms with van der Waals surface area (Å²) in [4.78, 5) is 0. The van der Waals surface area contributed by atoms with E-state index in [0.29, 0.717) is 16.8 Å². The van der Waals surface area contributed by atoms with Gasteiger partial charge < -0.3 is 5.32 Å². The topological polar surface area (TPSA) is 12.0 Å². The summed E-state index contributed by atoms with van der Waals surface area (Å²) in [5, 5.41) is 3.38. The number of hydrogen-bond acceptors (Lipinski definition) is 2. The molecule has 1 heterocycles. The molecule has 1 aliphatic rings. The first-order valence-corrected chi connectivity index (χ1v) is 8.51. The minimum Gasteiger partial charge on any atom is -0.314 e. The maximum atomic E-state index is 14.0. The minimum atomic E-state index is -0.464. The van der Waals surface area contributed by atoms with Crippen LogP contribution in [-0.4, -0.2) is 24.1 Å². The Balaban J connectivity index is 2.18. The maximum Gasteiger partial charge on any atom is 0.143 e. The summed E-state index contributed by atoms with van der Waals surface area (Å²) in [7, 11) is 0. The molecular weight excluding hydrogens is 332 g/mol. The summed E-state index contributed by atoms with van der Waals surface area (Å²) >= 11 is 5.05. The predicted molar refractivity (Wildman–Crippen MR) is 80.7 cm³/mol. The van der Waals surface area contributed by atoms with Gasteiger partial charge in [-0.2, -0.15) is 11.8 Å². The van der Waals surface area contributed by atoms with E-state index in [0.717, 1.165) is 24.5 Å². The van der Waals surface area contributed by atoms with Crippen molar-refractivity contribution in [1.29, 1.82) is 0 Å². The van der Waals surface area contributed by atoms with Crippen LogP contribution < -0.4 is 5.32 Å². The second-order valence-electron chi connectivity index (χ2n) is 4.81. The lowest BCUT2D eigenvalue weighted by molar-refractivity contribution is 0.376. The molecule has 1 aromatic rings. The Bertz CT molecular complexity index is 436. The molecule has 2 rings (SSSR count). The van der Waals surface area contributed by atoms with Crippen LogP contribution in [0.4, 0.5) is 8.78 Å². The molecule has 0 spiro atoms. The van der Waals surface area contributed by atoms with E-state index in [4.69, 9.17) is 0 Å². The summed E-state index contributed by atoms with van der Waals surface area (Å²) in [6.07, 6.45) is 1.54. The summed E-state index contributed by atoms with van der Waals surface area (Å²) < 4.78 is 28.2. The molecule has 0 radical (unpaired) electrons. The van der Waals surface area contributed by atoms with Crippen molar-refractivity contribution in [1.82, 2.24) is 5.32 Å². The van der Waals surface area contributed by atoms with Crippen LogP contribution in [-0.2, 0) is 6.42 Å². The van der Waals surface area contributed by atoms with Crippen LogP contribution >= 0.6 is 27.7 Å². The summed E-state index contributed by atoms with van der Waals surface area (Å²) in [6, 6.07) is 2.90. The molecule has 0 aromatic heterocycles. The summed E-state index contributed by atoms with van der Waals surface area (Å²) in [5.74, 6) is 1.82. The fourth-order valence-electron chi connectivity index (χ4n) is 2.51. The van der Waals surface area contributed by atoms with Gasteiger partial charge in [-0.05, 0) is 64.9 Å². The normalized spacial score (nSPS) is 20.7. The number of nitrogens with one attached hydrogen (secondary N) is 1. The van der Waals surface area contributed by atoms with E-state index >= 15 is 0 Å². The Morgan fingerprint density at radius 1 is 1.47 bits per heavy atom. The van der Waals surface area contributed by atoms with E-state index in [-0.39, 0.29) is 11.6 Å². The molecular formula is C14H18BrF2NS. The van der Waals surface area contributed by atoms with Crippen molar-refractivity contribution in [2.45, 2.75) is 25.8 Å². The molecule has 1 nitrogen and oxygen atoms in total. The third-order valence-corrected chi connectivity index (χ3v) is 5.36. The number of hydrogen-bond donors (Lipinski definition) is 1. The van der Waals surface area contributed by atoms with Crippen LogP contribution in [0.5, 0.6) is 0 Å². The number of benzene rings is 1. The zero-order valence-electron chi connectivity index (χ0n) is 10.9. The molecule has 0 amide bonds. The Hall–Kier alpha value is -0.130. The Labute approximate surface area is 125 Å². The second kappa shape index (κ2) is 7.04. The highest BCUT2D eigenvalue weighted by molar-refractivity contribution is 9.10. The molecule has 19 heavy (non-hydrogen) atoms. The molecule has 0 saturated carbocycles. The van der Waals surface area contributed by atoms with Crippen LogP contribution in [0.1, 0.15) is 18.9 Å². The van der Waals surface area contributed by atoms with Crippen LogP contribution in [0.2, 0.25) is 0 Å². The van der Waals surface area contributed by atoms with Gasteiger partial charge in [-0.1, -0.05) is 6.92 Å². The van der Waals surface area contributed by atoms with E-state index in [9.17, 15) is 8.78 Å². The van der Waals surface area contributed by atoms with Gasteiger partial charge >= 0.3 is 0 Å². The zero-order chi connectivity index (χ0) is 13.8. The molecule has 0 aliphatic carbocycles. The SMILES string of the molecule is CCNC(Cc1c(F)ccc(Br)c1F)C1CCSC1. The van der Waals surface area contributed by atoms with Crippen molar-refractivity contribution >= 4 is 27.7 Å². The Morgan fingerprint density at radius 3 is 2.89 bits per heavy atom. The predicted octanol–water partition coefficient (Wildman–Crippen LogP) is 4.00. The first-order chi connectivity index (χ1) is 9.13. The maximum absolute atomic E-state index is 14.0. The van der Waals surface area contributed by atoms with Crippen molar-refractivity contribution in [3.05, 3.63) is 33.8 Å². The van der Waals surface area contributed by atoms with Gasteiger partial charge in [0.25, 0.3) is 0 Å². The highest BCUT2D eigenvalue weighted by Gasteiger charge is 2.27. The lowest BCUT2D eigenvalue weighted by atomic mass is 9.92. The van der Waals surface area contributed by atoms with Gasteiger partial charge in [-0.15, -0.1) is 0 Å². The van der Waals surface area contributed by atoms with Crippen molar-refractivity contribution in [3.63, 3.8) is 0 Å². The summed E-state index contributed by atoms with van der Waals surface area (Å²) in [5.41, 5.74) is 0.192. The molecule has 2 atom stereocenters. The third-order valence-electron chi connectivity index (χ3n) is 3.56. The van der Waals surface area contributed by atoms with Crippen LogP contribution in [0, 0.1) is 17.6 Å². The van der Waals surface area contributed by atoms with Gasteiger partial charge in [-0.25, -0.2) is 8.78 Å². The van der Waals surface area contributed by atoms with Crippen LogP contribution in [0.25, 0.3) is 0 Å². The number of thioether (sulfide) groups is 1.